The summed E-state index contributed by atoms with van der Waals surface area (Å²) < 4.78 is 2.09. The predicted octanol–water partition coefficient (Wildman–Crippen LogP) is 3.23. The van der Waals surface area contributed by atoms with E-state index in [1.807, 2.05) is 25.1 Å². The van der Waals surface area contributed by atoms with E-state index in [9.17, 15) is 9.59 Å². The molecule has 3 rings (SSSR count). The van der Waals surface area contributed by atoms with Gasteiger partial charge in [0.15, 0.2) is 11.6 Å². The lowest BCUT2D eigenvalue weighted by atomic mass is 10.1. The molecule has 1 aromatic heterocycles. The molecule has 1 saturated carbocycles. The summed E-state index contributed by atoms with van der Waals surface area (Å²) in [7, 11) is 0. The largest absolute Gasteiger partial charge is 0.346 e. The topological polar surface area (TPSA) is 76.9 Å². The molecule has 1 amide bonds. The number of aromatic nitrogens is 3. The molecule has 1 unspecified atom stereocenters. The van der Waals surface area contributed by atoms with E-state index in [2.05, 4.69) is 20.1 Å². The van der Waals surface area contributed by atoms with Gasteiger partial charge in [0.25, 0.3) is 0 Å². The van der Waals surface area contributed by atoms with Crippen molar-refractivity contribution in [1.29, 1.82) is 0 Å². The Bertz CT molecular complexity index is 720. The van der Waals surface area contributed by atoms with Gasteiger partial charge in [-0.15, -0.1) is 10.2 Å². The lowest BCUT2D eigenvalue weighted by Gasteiger charge is -2.18. The SMILES string of the molecule is CC(NC(=O)CCC(=O)c1ccccc1)c1nncn1C1CCCC1. The van der Waals surface area contributed by atoms with Crippen molar-refractivity contribution in [2.24, 2.45) is 0 Å². The molecular weight excluding hydrogens is 316 g/mol. The van der Waals surface area contributed by atoms with E-state index in [1.165, 1.54) is 12.8 Å². The summed E-state index contributed by atoms with van der Waals surface area (Å²) in [6.45, 7) is 1.91. The summed E-state index contributed by atoms with van der Waals surface area (Å²) in [5.41, 5.74) is 0.643. The summed E-state index contributed by atoms with van der Waals surface area (Å²) in [5, 5.41) is 11.1. The molecule has 6 nitrogen and oxygen atoms in total. The molecule has 1 aromatic carbocycles. The van der Waals surface area contributed by atoms with Crippen molar-refractivity contribution in [1.82, 2.24) is 20.1 Å². The maximum absolute atomic E-state index is 12.2. The van der Waals surface area contributed by atoms with Gasteiger partial charge in [-0.25, -0.2) is 0 Å². The van der Waals surface area contributed by atoms with Crippen LogP contribution in [0, 0.1) is 0 Å². The van der Waals surface area contributed by atoms with Crippen LogP contribution < -0.4 is 5.32 Å². The molecule has 1 N–H and O–H groups in total. The number of rotatable bonds is 7. The molecule has 0 saturated heterocycles. The Morgan fingerprint density at radius 2 is 1.92 bits per heavy atom. The highest BCUT2D eigenvalue weighted by atomic mass is 16.2. The van der Waals surface area contributed by atoms with Gasteiger partial charge in [0.1, 0.15) is 6.33 Å². The fourth-order valence-corrected chi connectivity index (χ4v) is 3.40. The first-order valence-electron chi connectivity index (χ1n) is 8.92. The highest BCUT2D eigenvalue weighted by molar-refractivity contribution is 5.97. The van der Waals surface area contributed by atoms with Gasteiger partial charge >= 0.3 is 0 Å². The number of carbonyl (C=O) groups excluding carboxylic acids is 2. The maximum atomic E-state index is 12.2. The number of nitrogens with zero attached hydrogens (tertiary/aromatic N) is 3. The summed E-state index contributed by atoms with van der Waals surface area (Å²) in [6.07, 6.45) is 6.87. The third-order valence-electron chi connectivity index (χ3n) is 4.76. The van der Waals surface area contributed by atoms with Crippen LogP contribution >= 0.6 is 0 Å². The van der Waals surface area contributed by atoms with Crippen molar-refractivity contribution in [3.8, 4) is 0 Å². The second-order valence-electron chi connectivity index (χ2n) is 6.61. The van der Waals surface area contributed by atoms with E-state index in [0.717, 1.165) is 18.7 Å². The average Bonchev–Trinajstić information content (AvgIpc) is 3.31. The van der Waals surface area contributed by atoms with Gasteiger partial charge in [0, 0.05) is 24.4 Å². The highest BCUT2D eigenvalue weighted by Crippen LogP contribution is 2.31. The zero-order valence-electron chi connectivity index (χ0n) is 14.5. The van der Waals surface area contributed by atoms with Crippen LogP contribution in [0.25, 0.3) is 0 Å². The lowest BCUT2D eigenvalue weighted by Crippen LogP contribution is -2.29. The van der Waals surface area contributed by atoms with Crippen LogP contribution in [-0.2, 0) is 4.79 Å². The number of hydrogen-bond donors (Lipinski definition) is 1. The minimum Gasteiger partial charge on any atom is -0.346 e. The third kappa shape index (κ3) is 4.32. The minimum atomic E-state index is -0.220. The van der Waals surface area contributed by atoms with E-state index in [1.54, 1.807) is 18.5 Å². The van der Waals surface area contributed by atoms with E-state index >= 15 is 0 Å². The number of amides is 1. The van der Waals surface area contributed by atoms with Gasteiger partial charge in [-0.05, 0) is 19.8 Å². The van der Waals surface area contributed by atoms with Gasteiger partial charge < -0.3 is 9.88 Å². The smallest absolute Gasteiger partial charge is 0.221 e. The molecule has 1 aliphatic rings. The van der Waals surface area contributed by atoms with Crippen LogP contribution in [0.5, 0.6) is 0 Å². The van der Waals surface area contributed by atoms with Crippen molar-refractivity contribution in [3.05, 3.63) is 48.0 Å². The fraction of sp³-hybridized carbons (Fsp3) is 0.474. The zero-order valence-corrected chi connectivity index (χ0v) is 14.5. The number of hydrogen-bond acceptors (Lipinski definition) is 4. The number of Topliss-reactive ketones (excluding diaryl/α,β-unsaturated/α-hetero) is 1. The maximum Gasteiger partial charge on any atom is 0.221 e. The normalized spacial score (nSPS) is 15.9. The van der Waals surface area contributed by atoms with Crippen LogP contribution in [0.4, 0.5) is 0 Å². The molecular formula is C19H24N4O2. The average molecular weight is 340 g/mol. The minimum absolute atomic E-state index is 0.0162. The molecule has 2 aromatic rings. The van der Waals surface area contributed by atoms with Gasteiger partial charge in [-0.1, -0.05) is 43.2 Å². The zero-order chi connectivity index (χ0) is 17.6. The van der Waals surface area contributed by atoms with E-state index in [4.69, 9.17) is 0 Å². The number of nitrogens with one attached hydrogen (secondary N) is 1. The Hall–Kier alpha value is -2.50. The Kier molecular flexibility index (Phi) is 5.58. The second kappa shape index (κ2) is 8.05. The monoisotopic (exact) mass is 340 g/mol. The predicted molar refractivity (Wildman–Crippen MR) is 94.1 cm³/mol. The molecule has 132 valence electrons. The molecule has 1 aliphatic carbocycles. The quantitative estimate of drug-likeness (QED) is 0.785. The first-order chi connectivity index (χ1) is 12.1. The molecule has 6 heteroatoms. The summed E-state index contributed by atoms with van der Waals surface area (Å²) in [5.74, 6) is 0.630. The number of ketones is 1. The Labute approximate surface area is 147 Å². The summed E-state index contributed by atoms with van der Waals surface area (Å²) in [6, 6.07) is 9.27. The Balaban J connectivity index is 1.53. The van der Waals surface area contributed by atoms with Crippen LogP contribution in [0.1, 0.15) is 73.7 Å². The van der Waals surface area contributed by atoms with Gasteiger partial charge in [-0.3, -0.25) is 9.59 Å². The van der Waals surface area contributed by atoms with Crippen molar-refractivity contribution < 1.29 is 9.59 Å². The molecule has 1 heterocycles. The van der Waals surface area contributed by atoms with Gasteiger partial charge in [-0.2, -0.15) is 0 Å². The van der Waals surface area contributed by atoms with E-state index < -0.39 is 0 Å². The van der Waals surface area contributed by atoms with Crippen LogP contribution in [0.2, 0.25) is 0 Å². The first-order valence-corrected chi connectivity index (χ1v) is 8.92. The number of benzene rings is 1. The van der Waals surface area contributed by atoms with Gasteiger partial charge in [0.2, 0.25) is 5.91 Å². The van der Waals surface area contributed by atoms with Crippen molar-refractivity contribution in [2.45, 2.75) is 57.5 Å². The summed E-state index contributed by atoms with van der Waals surface area (Å²) in [4.78, 5) is 24.3. The fourth-order valence-electron chi connectivity index (χ4n) is 3.40. The summed E-state index contributed by atoms with van der Waals surface area (Å²) >= 11 is 0. The Morgan fingerprint density at radius 1 is 1.20 bits per heavy atom. The van der Waals surface area contributed by atoms with Crippen LogP contribution in [-0.4, -0.2) is 26.5 Å². The first kappa shape index (κ1) is 17.3. The van der Waals surface area contributed by atoms with Crippen molar-refractivity contribution in [2.75, 3.05) is 0 Å². The molecule has 25 heavy (non-hydrogen) atoms. The molecule has 0 bridgehead atoms. The molecule has 0 radical (unpaired) electrons. The van der Waals surface area contributed by atoms with Gasteiger partial charge in [0.05, 0.1) is 6.04 Å². The highest BCUT2D eigenvalue weighted by Gasteiger charge is 2.23. The standard InChI is InChI=1S/C19H24N4O2/c1-14(19-22-20-13-23(19)16-9-5-6-10-16)21-18(25)12-11-17(24)15-7-3-2-4-8-15/h2-4,7-8,13-14,16H,5-6,9-12H2,1H3,(H,21,25). The van der Waals surface area contributed by atoms with Crippen molar-refractivity contribution in [3.63, 3.8) is 0 Å². The van der Waals surface area contributed by atoms with Crippen LogP contribution in [0.3, 0.4) is 0 Å². The lowest BCUT2D eigenvalue weighted by molar-refractivity contribution is -0.121. The third-order valence-corrected chi connectivity index (χ3v) is 4.76. The Morgan fingerprint density at radius 3 is 2.64 bits per heavy atom. The van der Waals surface area contributed by atoms with Crippen molar-refractivity contribution >= 4 is 11.7 Å². The van der Waals surface area contributed by atoms with E-state index in [0.29, 0.717) is 11.6 Å². The molecule has 0 aliphatic heterocycles. The molecule has 0 spiro atoms. The second-order valence-corrected chi connectivity index (χ2v) is 6.61. The number of carbonyl (C=O) groups is 2. The van der Waals surface area contributed by atoms with E-state index in [-0.39, 0.29) is 30.6 Å². The molecule has 1 fully saturated rings. The van der Waals surface area contributed by atoms with Crippen LogP contribution in [0.15, 0.2) is 36.7 Å². The molecule has 1 atom stereocenters.